The number of para-hydroxylation sites is 2. The molecule has 2 unspecified atom stereocenters. The number of aromatic hydroxyl groups is 1. The Bertz CT molecular complexity index is 1840. The lowest BCUT2D eigenvalue weighted by molar-refractivity contribution is -0.663. The molecule has 0 spiro atoms. The van der Waals surface area contributed by atoms with Gasteiger partial charge in [0.05, 0.1) is 23.0 Å². The number of benzene rings is 3. The molecule has 2 atom stereocenters. The highest BCUT2D eigenvalue weighted by atomic mass is 16.6. The normalized spacial score (nSPS) is 12.6. The minimum absolute atomic E-state index is 0.0273. The number of carbonyl (C=O) groups is 1. The first kappa shape index (κ1) is 27.1. The average Bonchev–Trinajstić information content (AvgIpc) is 3.30. The number of nitro benzene ring substituents is 1. The second-order valence-corrected chi connectivity index (χ2v) is 9.32. The lowest BCUT2D eigenvalue weighted by Crippen LogP contribution is -2.36. The fraction of sp³-hybridized carbons (Fsp3) is 0.172. The Morgan fingerprint density at radius 1 is 1.02 bits per heavy atom. The molecule has 0 aliphatic heterocycles. The van der Waals surface area contributed by atoms with E-state index in [4.69, 9.17) is 4.74 Å². The fourth-order valence-electron chi connectivity index (χ4n) is 5.05. The first-order valence-electron chi connectivity index (χ1n) is 12.8. The molecule has 0 amide bonds. The van der Waals surface area contributed by atoms with Crippen molar-refractivity contribution in [1.82, 2.24) is 14.5 Å². The van der Waals surface area contributed by atoms with Crippen molar-refractivity contribution in [2.24, 2.45) is 0 Å². The summed E-state index contributed by atoms with van der Waals surface area (Å²) in [5.41, 5.74) is 0.372. The molecule has 0 saturated heterocycles. The zero-order valence-electron chi connectivity index (χ0n) is 21.9. The maximum Gasteiger partial charge on any atom is 0.352 e. The number of hydrogen-bond donors (Lipinski definition) is 3. The van der Waals surface area contributed by atoms with Crippen LogP contribution in [-0.2, 0) is 16.1 Å². The summed E-state index contributed by atoms with van der Waals surface area (Å²) in [6.07, 6.45) is 1.73. The summed E-state index contributed by atoms with van der Waals surface area (Å²) in [5, 5.41) is 22.2. The van der Waals surface area contributed by atoms with Gasteiger partial charge in [-0.25, -0.2) is 18.7 Å². The van der Waals surface area contributed by atoms with Gasteiger partial charge in [-0.1, -0.05) is 54.6 Å². The number of carbonyl (C=O) groups excluding carboxylic acids is 1. The predicted octanol–water partition coefficient (Wildman–Crippen LogP) is 2.90. The Labute approximate surface area is 232 Å². The zero-order valence-corrected chi connectivity index (χ0v) is 21.9. The van der Waals surface area contributed by atoms with E-state index in [1.54, 1.807) is 23.9 Å². The van der Waals surface area contributed by atoms with E-state index >= 15 is 0 Å². The van der Waals surface area contributed by atoms with Crippen molar-refractivity contribution in [3.8, 4) is 5.88 Å². The molecule has 0 fully saturated rings. The van der Waals surface area contributed by atoms with Crippen molar-refractivity contribution in [2.45, 2.75) is 25.4 Å². The Morgan fingerprint density at radius 2 is 1.71 bits per heavy atom. The number of nitro groups is 1. The number of aromatic nitrogens is 4. The van der Waals surface area contributed by atoms with Crippen LogP contribution in [0.25, 0.3) is 11.0 Å². The lowest BCUT2D eigenvalue weighted by atomic mass is 9.85. The summed E-state index contributed by atoms with van der Waals surface area (Å²) < 4.78 is 9.09. The van der Waals surface area contributed by atoms with E-state index in [1.807, 2.05) is 53.1 Å². The average molecular weight is 557 g/mol. The quantitative estimate of drug-likeness (QED) is 0.109. The van der Waals surface area contributed by atoms with Crippen LogP contribution >= 0.6 is 0 Å². The minimum Gasteiger partial charge on any atom is -0.494 e. The Hall–Kier alpha value is -5.52. The summed E-state index contributed by atoms with van der Waals surface area (Å²) in [6, 6.07) is 21.1. The van der Waals surface area contributed by atoms with Crippen LogP contribution in [0.4, 0.5) is 5.69 Å². The number of ether oxygens (including phenoxy) is 1. The molecule has 0 bridgehead atoms. The summed E-state index contributed by atoms with van der Waals surface area (Å²) in [4.78, 5) is 53.9. The van der Waals surface area contributed by atoms with Gasteiger partial charge in [-0.05, 0) is 30.2 Å². The topological polar surface area (TPSA) is 164 Å². The van der Waals surface area contributed by atoms with Crippen LogP contribution in [-0.4, -0.2) is 37.1 Å². The number of imidazole rings is 1. The van der Waals surface area contributed by atoms with Crippen LogP contribution in [0.5, 0.6) is 5.88 Å². The number of H-pyrrole nitrogens is 2. The number of non-ortho nitro benzene ring substituents is 1. The van der Waals surface area contributed by atoms with E-state index in [2.05, 4.69) is 9.97 Å². The minimum atomic E-state index is -1.27. The maximum absolute atomic E-state index is 13.8. The third kappa shape index (κ3) is 5.35. The van der Waals surface area contributed by atoms with Gasteiger partial charge in [-0.2, -0.15) is 0 Å². The number of esters is 1. The van der Waals surface area contributed by atoms with Crippen molar-refractivity contribution in [3.63, 3.8) is 0 Å². The van der Waals surface area contributed by atoms with Gasteiger partial charge >= 0.3 is 11.7 Å². The summed E-state index contributed by atoms with van der Waals surface area (Å²) in [5.74, 6) is -2.67. The van der Waals surface area contributed by atoms with E-state index in [-0.39, 0.29) is 17.9 Å². The second-order valence-electron chi connectivity index (χ2n) is 9.32. The molecule has 0 aliphatic rings. The zero-order chi connectivity index (χ0) is 29.1. The molecule has 0 aliphatic carbocycles. The number of aromatic amines is 2. The molecular formula is C29H26N5O7+. The molecule has 5 rings (SSSR count). The maximum atomic E-state index is 13.8. The molecule has 2 heterocycles. The first-order valence-corrected chi connectivity index (χ1v) is 12.8. The van der Waals surface area contributed by atoms with Crippen LogP contribution in [0.1, 0.15) is 35.6 Å². The second kappa shape index (κ2) is 11.3. The van der Waals surface area contributed by atoms with Gasteiger partial charge in [0.2, 0.25) is 18.2 Å². The molecular weight excluding hydrogens is 530 g/mol. The van der Waals surface area contributed by atoms with E-state index in [9.17, 15) is 29.6 Å². The van der Waals surface area contributed by atoms with Crippen molar-refractivity contribution in [2.75, 3.05) is 6.61 Å². The molecule has 3 N–H and O–H groups in total. The highest BCUT2D eigenvalue weighted by molar-refractivity contribution is 5.81. The number of nitrogens with one attached hydrogen (secondary N) is 2. The Balaban J connectivity index is 1.79. The molecule has 2 aromatic heterocycles. The van der Waals surface area contributed by atoms with Gasteiger partial charge in [-0.15, -0.1) is 0 Å². The van der Waals surface area contributed by atoms with Gasteiger partial charge < -0.3 is 9.84 Å². The van der Waals surface area contributed by atoms with Crippen molar-refractivity contribution in [1.29, 1.82) is 0 Å². The van der Waals surface area contributed by atoms with Crippen molar-refractivity contribution >= 4 is 22.7 Å². The molecule has 3 aromatic carbocycles. The van der Waals surface area contributed by atoms with Crippen molar-refractivity contribution in [3.05, 3.63) is 133 Å². The van der Waals surface area contributed by atoms with Crippen molar-refractivity contribution < 1.29 is 24.1 Å². The smallest absolute Gasteiger partial charge is 0.352 e. The molecule has 5 aromatic rings. The fourth-order valence-corrected chi connectivity index (χ4v) is 5.05. The van der Waals surface area contributed by atoms with Crippen LogP contribution in [0.2, 0.25) is 0 Å². The van der Waals surface area contributed by atoms with Gasteiger partial charge in [-0.3, -0.25) is 24.9 Å². The lowest BCUT2D eigenvalue weighted by Gasteiger charge is -2.24. The first-order chi connectivity index (χ1) is 19.8. The standard InChI is InChI=1S/C29H25N5O7/c1-2-41-28(37)25(33-17-32(16-18-8-4-3-5-9-18)21-10-6-7-11-22(21)33)23(19-12-14-20(15-13-19)34(39)40)24-26(35)30-29(38)31-27(24)36/h3-15,17,23,25H,2,16H2,1H3,(H2-,30,31,35,36,38)/p+1. The van der Waals surface area contributed by atoms with Gasteiger partial charge in [0, 0.05) is 12.1 Å². The number of rotatable bonds is 9. The molecule has 0 radical (unpaired) electrons. The van der Waals surface area contributed by atoms with Crippen LogP contribution in [0, 0.1) is 10.1 Å². The van der Waals surface area contributed by atoms with E-state index in [0.29, 0.717) is 17.6 Å². The molecule has 0 saturated carbocycles. The summed E-state index contributed by atoms with van der Waals surface area (Å²) in [6.45, 7) is 2.14. The molecule has 41 heavy (non-hydrogen) atoms. The van der Waals surface area contributed by atoms with E-state index < -0.39 is 40.0 Å². The predicted molar refractivity (Wildman–Crippen MR) is 148 cm³/mol. The van der Waals surface area contributed by atoms with Crippen LogP contribution in [0.15, 0.2) is 94.8 Å². The van der Waals surface area contributed by atoms with E-state index in [0.717, 1.165) is 11.1 Å². The van der Waals surface area contributed by atoms with Crippen LogP contribution < -0.4 is 15.8 Å². The number of nitrogens with zero attached hydrogens (tertiary/aromatic N) is 3. The van der Waals surface area contributed by atoms with Gasteiger partial charge in [0.1, 0.15) is 6.54 Å². The molecule has 208 valence electrons. The van der Waals surface area contributed by atoms with E-state index in [1.165, 1.54) is 24.3 Å². The summed E-state index contributed by atoms with van der Waals surface area (Å²) >= 11 is 0. The highest BCUT2D eigenvalue weighted by Gasteiger charge is 2.42. The number of fused-ring (bicyclic) bond motifs is 1. The van der Waals surface area contributed by atoms with Gasteiger partial charge in [0.15, 0.2) is 11.0 Å². The highest BCUT2D eigenvalue weighted by Crippen LogP contribution is 2.39. The number of hydrogen-bond acceptors (Lipinski definition) is 7. The monoisotopic (exact) mass is 556 g/mol. The van der Waals surface area contributed by atoms with Crippen LogP contribution in [0.3, 0.4) is 0 Å². The largest absolute Gasteiger partial charge is 0.494 e. The SMILES string of the molecule is CCOC(=O)C(C(c1ccc([N+](=O)[O-])cc1)c1c(O)[nH]c(=O)[nH]c1=O)n1c[n+](Cc2ccccc2)c2ccccc21. The third-order valence-corrected chi connectivity index (χ3v) is 6.81. The Kier molecular flexibility index (Phi) is 7.46. The van der Waals surface area contributed by atoms with Gasteiger partial charge in [0.25, 0.3) is 11.2 Å². The third-order valence-electron chi connectivity index (χ3n) is 6.81. The molecule has 12 nitrogen and oxygen atoms in total. The Morgan fingerprint density at radius 3 is 2.37 bits per heavy atom. The molecule has 12 heteroatoms. The summed E-state index contributed by atoms with van der Waals surface area (Å²) in [7, 11) is 0.